The van der Waals surface area contributed by atoms with Gasteiger partial charge in [-0.2, -0.15) is 0 Å². The molecule has 0 radical (unpaired) electrons. The van der Waals surface area contributed by atoms with Crippen LogP contribution in [0.25, 0.3) is 11.5 Å². The average Bonchev–Trinajstić information content (AvgIpc) is 2.86. The number of hydrogen-bond donors (Lipinski definition) is 1. The molecular weight excluding hydrogens is 238 g/mol. The predicted molar refractivity (Wildman–Crippen MR) is 63.0 cm³/mol. The summed E-state index contributed by atoms with van der Waals surface area (Å²) in [7, 11) is 1.36. The van der Waals surface area contributed by atoms with Crippen LogP contribution in [-0.2, 0) is 6.54 Å². The van der Waals surface area contributed by atoms with Gasteiger partial charge < -0.3 is 14.9 Å². The molecule has 0 aliphatic carbocycles. The zero-order chi connectivity index (χ0) is 13.1. The summed E-state index contributed by atoms with van der Waals surface area (Å²) in [6.45, 7) is 0.237. The Bertz CT molecular complexity index is 579. The van der Waals surface area contributed by atoms with Gasteiger partial charge in [-0.3, -0.25) is 10.1 Å². The summed E-state index contributed by atoms with van der Waals surface area (Å²) in [5.41, 5.74) is 6.28. The number of nitro groups is 1. The minimum Gasteiger partial charge on any atom is -0.490 e. The fraction of sp³-hybridized carbons (Fsp3) is 0.182. The average molecular weight is 249 g/mol. The second-order valence-corrected chi connectivity index (χ2v) is 3.46. The Morgan fingerprint density at radius 3 is 2.89 bits per heavy atom. The lowest BCUT2D eigenvalue weighted by Crippen LogP contribution is -1.97. The van der Waals surface area contributed by atoms with Gasteiger partial charge in [-0.15, -0.1) is 0 Å². The molecule has 7 nitrogen and oxygen atoms in total. The SMILES string of the molecule is COc1c(-c2nc(CN)co2)cccc1[N+](=O)[O-]. The Kier molecular flexibility index (Phi) is 3.24. The van der Waals surface area contributed by atoms with E-state index in [0.29, 0.717) is 11.3 Å². The van der Waals surface area contributed by atoms with Crippen LogP contribution in [0.3, 0.4) is 0 Å². The maximum atomic E-state index is 10.9. The van der Waals surface area contributed by atoms with Gasteiger partial charge in [0.05, 0.1) is 23.3 Å². The van der Waals surface area contributed by atoms with Gasteiger partial charge in [0, 0.05) is 12.6 Å². The van der Waals surface area contributed by atoms with Crippen LogP contribution in [0, 0.1) is 10.1 Å². The molecule has 2 N–H and O–H groups in total. The van der Waals surface area contributed by atoms with E-state index >= 15 is 0 Å². The third kappa shape index (κ3) is 2.03. The van der Waals surface area contributed by atoms with Crippen LogP contribution in [0.4, 0.5) is 5.69 Å². The van der Waals surface area contributed by atoms with E-state index in [-0.39, 0.29) is 23.9 Å². The number of nitrogens with two attached hydrogens (primary N) is 1. The summed E-state index contributed by atoms with van der Waals surface area (Å²) >= 11 is 0. The standard InChI is InChI=1S/C11H11N3O4/c1-17-10-8(3-2-4-9(10)14(15)16)11-13-7(5-12)6-18-11/h2-4,6H,5,12H2,1H3. The molecule has 0 unspecified atom stereocenters. The van der Waals surface area contributed by atoms with Crippen molar-refractivity contribution in [3.05, 3.63) is 40.3 Å². The molecule has 0 aliphatic rings. The van der Waals surface area contributed by atoms with Gasteiger partial charge in [0.1, 0.15) is 6.26 Å². The van der Waals surface area contributed by atoms with Crippen molar-refractivity contribution >= 4 is 5.69 Å². The molecular formula is C11H11N3O4. The molecule has 7 heteroatoms. The Hall–Kier alpha value is -2.41. The van der Waals surface area contributed by atoms with E-state index in [1.165, 1.54) is 19.4 Å². The molecule has 1 aromatic carbocycles. The monoisotopic (exact) mass is 249 g/mol. The molecule has 0 saturated carbocycles. The fourth-order valence-corrected chi connectivity index (χ4v) is 1.58. The van der Waals surface area contributed by atoms with Gasteiger partial charge >= 0.3 is 5.69 Å². The Balaban J connectivity index is 2.56. The minimum atomic E-state index is -0.519. The van der Waals surface area contributed by atoms with E-state index in [1.54, 1.807) is 12.1 Å². The number of hydrogen-bond acceptors (Lipinski definition) is 6. The molecule has 0 fully saturated rings. The maximum absolute atomic E-state index is 10.9. The second kappa shape index (κ2) is 4.84. The molecule has 94 valence electrons. The summed E-state index contributed by atoms with van der Waals surface area (Å²) in [4.78, 5) is 14.5. The molecule has 0 atom stereocenters. The van der Waals surface area contributed by atoms with Crippen molar-refractivity contribution < 1.29 is 14.1 Å². The van der Waals surface area contributed by atoms with Crippen molar-refractivity contribution in [3.8, 4) is 17.2 Å². The highest BCUT2D eigenvalue weighted by atomic mass is 16.6. The first-order chi connectivity index (χ1) is 8.67. The highest BCUT2D eigenvalue weighted by Crippen LogP contribution is 2.36. The number of methoxy groups -OCH3 is 1. The lowest BCUT2D eigenvalue weighted by atomic mass is 10.1. The predicted octanol–water partition coefficient (Wildman–Crippen LogP) is 1.72. The van der Waals surface area contributed by atoms with Crippen LogP contribution < -0.4 is 10.5 Å². The van der Waals surface area contributed by atoms with Gasteiger partial charge in [-0.1, -0.05) is 6.07 Å². The smallest absolute Gasteiger partial charge is 0.311 e. The van der Waals surface area contributed by atoms with E-state index < -0.39 is 4.92 Å². The number of ether oxygens (including phenoxy) is 1. The van der Waals surface area contributed by atoms with Crippen molar-refractivity contribution in [1.29, 1.82) is 0 Å². The second-order valence-electron chi connectivity index (χ2n) is 3.46. The quantitative estimate of drug-likeness (QED) is 0.653. The summed E-state index contributed by atoms with van der Waals surface area (Å²) < 4.78 is 10.3. The lowest BCUT2D eigenvalue weighted by Gasteiger charge is -2.05. The third-order valence-electron chi connectivity index (χ3n) is 2.39. The van der Waals surface area contributed by atoms with Gasteiger partial charge in [0.15, 0.2) is 0 Å². The van der Waals surface area contributed by atoms with Crippen LogP contribution >= 0.6 is 0 Å². The molecule has 0 bridgehead atoms. The zero-order valence-corrected chi connectivity index (χ0v) is 9.62. The van der Waals surface area contributed by atoms with Gasteiger partial charge in [0.25, 0.3) is 0 Å². The van der Waals surface area contributed by atoms with Crippen LogP contribution in [0.5, 0.6) is 5.75 Å². The lowest BCUT2D eigenvalue weighted by molar-refractivity contribution is -0.385. The van der Waals surface area contributed by atoms with E-state index in [1.807, 2.05) is 0 Å². The number of aromatic nitrogens is 1. The van der Waals surface area contributed by atoms with Crippen molar-refractivity contribution in [1.82, 2.24) is 4.98 Å². The maximum Gasteiger partial charge on any atom is 0.311 e. The van der Waals surface area contributed by atoms with Crippen molar-refractivity contribution in [2.45, 2.75) is 6.54 Å². The highest BCUT2D eigenvalue weighted by Gasteiger charge is 2.21. The highest BCUT2D eigenvalue weighted by molar-refractivity contribution is 5.70. The zero-order valence-electron chi connectivity index (χ0n) is 9.62. The molecule has 1 heterocycles. The first-order valence-corrected chi connectivity index (χ1v) is 5.13. The van der Waals surface area contributed by atoms with Crippen molar-refractivity contribution in [3.63, 3.8) is 0 Å². The molecule has 0 spiro atoms. The largest absolute Gasteiger partial charge is 0.490 e. The van der Waals surface area contributed by atoms with E-state index in [2.05, 4.69) is 4.98 Å². The summed E-state index contributed by atoms with van der Waals surface area (Å²) in [5, 5.41) is 10.9. The number of benzene rings is 1. The van der Waals surface area contributed by atoms with Crippen molar-refractivity contribution in [2.24, 2.45) is 5.73 Å². The van der Waals surface area contributed by atoms with Gasteiger partial charge in [-0.05, 0) is 6.07 Å². The van der Waals surface area contributed by atoms with E-state index in [9.17, 15) is 10.1 Å². The Labute approximate surface area is 102 Å². The summed E-state index contributed by atoms with van der Waals surface area (Å²) in [6.07, 6.45) is 1.41. The molecule has 0 aliphatic heterocycles. The summed E-state index contributed by atoms with van der Waals surface area (Å²) in [5.74, 6) is 0.365. The topological polar surface area (TPSA) is 104 Å². The number of oxazole rings is 1. The molecule has 0 saturated heterocycles. The fourth-order valence-electron chi connectivity index (χ4n) is 1.58. The third-order valence-corrected chi connectivity index (χ3v) is 2.39. The number of nitro benzene ring substituents is 1. The molecule has 1 aromatic heterocycles. The first kappa shape index (κ1) is 12.1. The van der Waals surface area contributed by atoms with Gasteiger partial charge in [-0.25, -0.2) is 4.98 Å². The van der Waals surface area contributed by atoms with Crippen LogP contribution in [0.1, 0.15) is 5.69 Å². The molecule has 2 rings (SSSR count). The van der Waals surface area contributed by atoms with E-state index in [0.717, 1.165) is 0 Å². The Morgan fingerprint density at radius 1 is 1.56 bits per heavy atom. The summed E-state index contributed by atoms with van der Waals surface area (Å²) in [6, 6.07) is 4.54. The Morgan fingerprint density at radius 2 is 2.33 bits per heavy atom. The number of rotatable bonds is 4. The van der Waals surface area contributed by atoms with Gasteiger partial charge in [0.2, 0.25) is 11.6 Å². The first-order valence-electron chi connectivity index (χ1n) is 5.13. The van der Waals surface area contributed by atoms with Crippen LogP contribution in [-0.4, -0.2) is 17.0 Å². The molecule has 0 amide bonds. The molecule has 18 heavy (non-hydrogen) atoms. The molecule has 2 aromatic rings. The number of para-hydroxylation sites is 1. The number of nitrogens with zero attached hydrogens (tertiary/aromatic N) is 2. The minimum absolute atomic E-state index is 0.118. The van der Waals surface area contributed by atoms with Crippen LogP contribution in [0.2, 0.25) is 0 Å². The normalized spacial score (nSPS) is 10.3. The van der Waals surface area contributed by atoms with Crippen molar-refractivity contribution in [2.75, 3.05) is 7.11 Å². The van der Waals surface area contributed by atoms with E-state index in [4.69, 9.17) is 14.9 Å². The van der Waals surface area contributed by atoms with Crippen LogP contribution in [0.15, 0.2) is 28.9 Å².